The molecule has 0 aliphatic carbocycles. The summed E-state index contributed by atoms with van der Waals surface area (Å²) < 4.78 is 4.72. The van der Waals surface area contributed by atoms with Crippen LogP contribution in [0, 0.1) is 5.92 Å². The van der Waals surface area contributed by atoms with Crippen LogP contribution >= 0.6 is 11.3 Å². The number of aliphatic hydroxyl groups is 1. The van der Waals surface area contributed by atoms with Crippen molar-refractivity contribution in [1.82, 2.24) is 4.90 Å². The minimum Gasteiger partial charge on any atom is -0.465 e. The number of methoxy groups -OCH3 is 1. The number of thiophene rings is 1. The van der Waals surface area contributed by atoms with E-state index in [2.05, 4.69) is 10.2 Å². The van der Waals surface area contributed by atoms with Crippen molar-refractivity contribution >= 4 is 28.9 Å². The third-order valence-electron chi connectivity index (χ3n) is 4.90. The van der Waals surface area contributed by atoms with E-state index in [1.807, 2.05) is 30.3 Å². The molecule has 1 unspecified atom stereocenters. The average Bonchev–Trinajstić information content (AvgIpc) is 3.16. The highest BCUT2D eigenvalue weighted by atomic mass is 32.1. The van der Waals surface area contributed by atoms with Gasteiger partial charge in [-0.1, -0.05) is 30.3 Å². The Morgan fingerprint density at radius 1 is 1.26 bits per heavy atom. The first-order valence-electron chi connectivity index (χ1n) is 8.99. The van der Waals surface area contributed by atoms with Gasteiger partial charge in [0.05, 0.1) is 25.4 Å². The molecule has 1 atom stereocenters. The summed E-state index contributed by atoms with van der Waals surface area (Å²) in [6.45, 7) is 1.79. The standard InChI is InChI=1S/C20H24N2O4S/c1-26-20(25)19-16(9-12-27-19)21-17(23)13-22-10-7-15(8-11-22)18(24)14-5-3-2-4-6-14/h2-6,9,12,15,18,24H,7-8,10-11,13H2,1H3,(H,21,23). The van der Waals surface area contributed by atoms with E-state index in [-0.39, 0.29) is 18.4 Å². The van der Waals surface area contributed by atoms with Crippen molar-refractivity contribution in [2.45, 2.75) is 18.9 Å². The van der Waals surface area contributed by atoms with Crippen molar-refractivity contribution in [2.75, 3.05) is 32.1 Å². The first-order valence-corrected chi connectivity index (χ1v) is 9.87. The number of rotatable bonds is 6. The monoisotopic (exact) mass is 388 g/mol. The van der Waals surface area contributed by atoms with Crippen LogP contribution < -0.4 is 5.32 Å². The number of benzene rings is 1. The molecule has 1 aromatic heterocycles. The lowest BCUT2D eigenvalue weighted by Gasteiger charge is -2.34. The van der Waals surface area contributed by atoms with Gasteiger partial charge in [-0.3, -0.25) is 9.69 Å². The van der Waals surface area contributed by atoms with Crippen LogP contribution in [0.1, 0.15) is 34.2 Å². The second kappa shape index (κ2) is 9.12. The smallest absolute Gasteiger partial charge is 0.350 e. The molecule has 7 heteroatoms. The minimum absolute atomic E-state index is 0.152. The molecule has 2 N–H and O–H groups in total. The van der Waals surface area contributed by atoms with E-state index in [4.69, 9.17) is 4.74 Å². The number of esters is 1. The van der Waals surface area contributed by atoms with Crippen molar-refractivity contribution < 1.29 is 19.4 Å². The summed E-state index contributed by atoms with van der Waals surface area (Å²) in [5.74, 6) is -0.397. The number of hydrogen-bond acceptors (Lipinski definition) is 6. The molecule has 1 fully saturated rings. The number of carbonyl (C=O) groups is 2. The van der Waals surface area contributed by atoms with E-state index in [1.165, 1.54) is 18.4 Å². The molecule has 1 aromatic carbocycles. The first kappa shape index (κ1) is 19.5. The number of amides is 1. The average molecular weight is 388 g/mol. The molecule has 144 valence electrons. The Hall–Kier alpha value is -2.22. The molecule has 0 saturated carbocycles. The van der Waals surface area contributed by atoms with Gasteiger partial charge in [-0.15, -0.1) is 11.3 Å². The summed E-state index contributed by atoms with van der Waals surface area (Å²) in [5.41, 5.74) is 1.44. The van der Waals surface area contributed by atoms with Crippen molar-refractivity contribution in [2.24, 2.45) is 5.92 Å². The van der Waals surface area contributed by atoms with E-state index < -0.39 is 12.1 Å². The predicted octanol–water partition coefficient (Wildman–Crippen LogP) is 2.92. The number of hydrogen-bond donors (Lipinski definition) is 2. The van der Waals surface area contributed by atoms with Gasteiger partial charge in [-0.25, -0.2) is 4.79 Å². The molecule has 0 radical (unpaired) electrons. The molecule has 27 heavy (non-hydrogen) atoms. The number of ether oxygens (including phenoxy) is 1. The van der Waals surface area contributed by atoms with Gasteiger partial charge in [0.15, 0.2) is 0 Å². The van der Waals surface area contributed by atoms with Crippen LogP contribution in [0.2, 0.25) is 0 Å². The predicted molar refractivity (Wildman–Crippen MR) is 105 cm³/mol. The fourth-order valence-electron chi connectivity index (χ4n) is 3.40. The second-order valence-corrected chi connectivity index (χ2v) is 7.59. The van der Waals surface area contributed by atoms with Crippen LogP contribution in [0.4, 0.5) is 5.69 Å². The van der Waals surface area contributed by atoms with E-state index >= 15 is 0 Å². The van der Waals surface area contributed by atoms with Crippen LogP contribution in [-0.2, 0) is 9.53 Å². The second-order valence-electron chi connectivity index (χ2n) is 6.67. The van der Waals surface area contributed by atoms with Crippen LogP contribution in [0.25, 0.3) is 0 Å². The van der Waals surface area contributed by atoms with Crippen molar-refractivity contribution in [3.8, 4) is 0 Å². The molecule has 1 amide bonds. The van der Waals surface area contributed by atoms with Crippen LogP contribution in [0.5, 0.6) is 0 Å². The fraction of sp³-hybridized carbons (Fsp3) is 0.400. The highest BCUT2D eigenvalue weighted by Gasteiger charge is 2.27. The molecule has 0 bridgehead atoms. The SMILES string of the molecule is COC(=O)c1sccc1NC(=O)CN1CCC(C(O)c2ccccc2)CC1. The van der Waals surface area contributed by atoms with E-state index in [0.29, 0.717) is 10.6 Å². The number of aliphatic hydroxyl groups excluding tert-OH is 1. The molecule has 1 aliphatic rings. The zero-order valence-corrected chi connectivity index (χ0v) is 16.1. The van der Waals surface area contributed by atoms with Gasteiger partial charge >= 0.3 is 5.97 Å². The maximum absolute atomic E-state index is 12.3. The van der Waals surface area contributed by atoms with Gasteiger partial charge in [-0.05, 0) is 48.9 Å². The molecule has 1 saturated heterocycles. The summed E-state index contributed by atoms with van der Waals surface area (Å²) in [5, 5.41) is 15.1. The zero-order valence-electron chi connectivity index (χ0n) is 15.3. The Morgan fingerprint density at radius 3 is 2.63 bits per heavy atom. The fourth-order valence-corrected chi connectivity index (χ4v) is 4.17. The Bertz CT molecular complexity index is 769. The van der Waals surface area contributed by atoms with E-state index in [0.717, 1.165) is 31.5 Å². The van der Waals surface area contributed by atoms with Gasteiger partial charge < -0.3 is 15.2 Å². The normalized spacial score (nSPS) is 16.7. The molecule has 2 aromatic rings. The summed E-state index contributed by atoms with van der Waals surface area (Å²) in [6, 6.07) is 11.4. The van der Waals surface area contributed by atoms with Gasteiger partial charge in [0.2, 0.25) is 5.91 Å². The Balaban J connectivity index is 1.49. The first-order chi connectivity index (χ1) is 13.1. The number of nitrogens with zero attached hydrogens (tertiary/aromatic N) is 1. The van der Waals surface area contributed by atoms with E-state index in [9.17, 15) is 14.7 Å². The Labute approximate surface area is 162 Å². The summed E-state index contributed by atoms with van der Waals surface area (Å²) in [7, 11) is 1.32. The summed E-state index contributed by atoms with van der Waals surface area (Å²) in [4.78, 5) is 26.5. The largest absolute Gasteiger partial charge is 0.465 e. The Morgan fingerprint density at radius 2 is 1.96 bits per heavy atom. The number of carbonyl (C=O) groups excluding carboxylic acids is 2. The van der Waals surface area contributed by atoms with Gasteiger partial charge in [0.25, 0.3) is 0 Å². The van der Waals surface area contributed by atoms with Gasteiger partial charge in [-0.2, -0.15) is 0 Å². The third-order valence-corrected chi connectivity index (χ3v) is 5.79. The zero-order chi connectivity index (χ0) is 19.2. The van der Waals surface area contributed by atoms with Crippen LogP contribution in [0.3, 0.4) is 0 Å². The van der Waals surface area contributed by atoms with Crippen molar-refractivity contribution in [1.29, 1.82) is 0 Å². The van der Waals surface area contributed by atoms with Crippen molar-refractivity contribution in [3.05, 3.63) is 52.2 Å². The number of anilines is 1. The highest BCUT2D eigenvalue weighted by Crippen LogP contribution is 2.30. The molecular formula is C20H24N2O4S. The topological polar surface area (TPSA) is 78.9 Å². The van der Waals surface area contributed by atoms with E-state index in [1.54, 1.807) is 11.4 Å². The molecule has 1 aliphatic heterocycles. The molecular weight excluding hydrogens is 364 g/mol. The highest BCUT2D eigenvalue weighted by molar-refractivity contribution is 7.12. The minimum atomic E-state index is -0.462. The lowest BCUT2D eigenvalue weighted by Crippen LogP contribution is -2.40. The Kier molecular flexibility index (Phi) is 6.60. The molecule has 2 heterocycles. The summed E-state index contributed by atoms with van der Waals surface area (Å²) >= 11 is 1.24. The molecule has 6 nitrogen and oxygen atoms in total. The van der Waals surface area contributed by atoms with Crippen LogP contribution in [-0.4, -0.2) is 48.6 Å². The number of likely N-dealkylation sites (tertiary alicyclic amines) is 1. The van der Waals surface area contributed by atoms with Crippen molar-refractivity contribution in [3.63, 3.8) is 0 Å². The number of nitrogens with one attached hydrogen (secondary N) is 1. The maximum Gasteiger partial charge on any atom is 0.350 e. The number of piperidine rings is 1. The van der Waals surface area contributed by atoms with Crippen LogP contribution in [0.15, 0.2) is 41.8 Å². The van der Waals surface area contributed by atoms with Gasteiger partial charge in [0.1, 0.15) is 4.88 Å². The maximum atomic E-state index is 12.3. The lowest BCUT2D eigenvalue weighted by atomic mass is 9.87. The summed E-state index contributed by atoms with van der Waals surface area (Å²) in [6.07, 6.45) is 1.22. The third kappa shape index (κ3) is 4.94. The molecule has 0 spiro atoms. The quantitative estimate of drug-likeness (QED) is 0.744. The van der Waals surface area contributed by atoms with Gasteiger partial charge in [0, 0.05) is 0 Å². The lowest BCUT2D eigenvalue weighted by molar-refractivity contribution is -0.117. The molecule has 3 rings (SSSR count).